The lowest BCUT2D eigenvalue weighted by Crippen LogP contribution is -2.37. The molecule has 7 heteroatoms. The molecule has 1 fully saturated rings. The average molecular weight is 271 g/mol. The number of hydrogen-bond donors (Lipinski definition) is 2. The first-order valence-corrected chi connectivity index (χ1v) is 6.76. The van der Waals surface area contributed by atoms with Crippen molar-refractivity contribution >= 4 is 22.4 Å². The van der Waals surface area contributed by atoms with Gasteiger partial charge in [0.25, 0.3) is 0 Å². The molecule has 100 valence electrons. The third-order valence-electron chi connectivity index (χ3n) is 2.76. The Balaban J connectivity index is 1.83. The molecular formula is C11H17N3O3S. The van der Waals surface area contributed by atoms with Crippen molar-refractivity contribution in [2.75, 3.05) is 32.0 Å². The maximum absolute atomic E-state index is 12.0. The van der Waals surface area contributed by atoms with Gasteiger partial charge in [-0.1, -0.05) is 0 Å². The van der Waals surface area contributed by atoms with Gasteiger partial charge in [0.2, 0.25) is 5.91 Å². The summed E-state index contributed by atoms with van der Waals surface area (Å²) in [5, 5.41) is 11.9. The van der Waals surface area contributed by atoms with Crippen molar-refractivity contribution in [3.05, 3.63) is 11.1 Å². The lowest BCUT2D eigenvalue weighted by atomic mass is 10.2. The molecule has 0 aromatic carbocycles. The van der Waals surface area contributed by atoms with Crippen LogP contribution in [-0.2, 0) is 16.0 Å². The number of aliphatic hydroxyl groups is 1. The van der Waals surface area contributed by atoms with Gasteiger partial charge in [-0.3, -0.25) is 4.79 Å². The number of rotatable bonds is 3. The fraction of sp³-hybridized carbons (Fsp3) is 0.636. The molecule has 1 aliphatic heterocycles. The Kier molecular flexibility index (Phi) is 4.51. The van der Waals surface area contributed by atoms with E-state index in [2.05, 4.69) is 4.98 Å². The fourth-order valence-corrected chi connectivity index (χ4v) is 2.45. The van der Waals surface area contributed by atoms with E-state index < -0.39 is 6.10 Å². The first-order valence-electron chi connectivity index (χ1n) is 5.88. The number of carbonyl (C=O) groups excluding carboxylic acids is 1. The lowest BCUT2D eigenvalue weighted by molar-refractivity contribution is -0.132. The molecule has 6 nitrogen and oxygen atoms in total. The second kappa shape index (κ2) is 6.12. The largest absolute Gasteiger partial charge is 0.389 e. The fourth-order valence-electron chi connectivity index (χ4n) is 1.85. The van der Waals surface area contributed by atoms with Crippen LogP contribution < -0.4 is 5.73 Å². The zero-order valence-electron chi connectivity index (χ0n) is 10.0. The number of amides is 1. The smallest absolute Gasteiger partial charge is 0.223 e. The first kappa shape index (κ1) is 13.3. The van der Waals surface area contributed by atoms with E-state index in [-0.39, 0.29) is 5.91 Å². The predicted molar refractivity (Wildman–Crippen MR) is 68.3 cm³/mol. The number of aromatic nitrogens is 1. The Hall–Kier alpha value is -1.18. The number of ether oxygens (including phenoxy) is 1. The van der Waals surface area contributed by atoms with Crippen LogP contribution in [0, 0.1) is 0 Å². The summed E-state index contributed by atoms with van der Waals surface area (Å²) in [5.41, 5.74) is 6.37. The van der Waals surface area contributed by atoms with Crippen molar-refractivity contribution in [3.8, 4) is 0 Å². The van der Waals surface area contributed by atoms with Crippen molar-refractivity contribution in [2.45, 2.75) is 18.9 Å². The molecular weight excluding hydrogens is 254 g/mol. The van der Waals surface area contributed by atoms with Crippen LogP contribution in [0.15, 0.2) is 5.38 Å². The minimum Gasteiger partial charge on any atom is -0.389 e. The lowest BCUT2D eigenvalue weighted by Gasteiger charge is -2.21. The van der Waals surface area contributed by atoms with Crippen molar-refractivity contribution < 1.29 is 14.6 Å². The molecule has 2 heterocycles. The van der Waals surface area contributed by atoms with Gasteiger partial charge in [-0.05, 0) is 6.42 Å². The molecule has 1 aromatic heterocycles. The molecule has 1 aromatic rings. The molecule has 0 radical (unpaired) electrons. The minimum atomic E-state index is -0.591. The Morgan fingerprint density at radius 1 is 1.72 bits per heavy atom. The average Bonchev–Trinajstić information content (AvgIpc) is 2.63. The summed E-state index contributed by atoms with van der Waals surface area (Å²) in [6.07, 6.45) is 0.377. The summed E-state index contributed by atoms with van der Waals surface area (Å²) in [6.45, 7) is 1.66. The highest BCUT2D eigenvalue weighted by atomic mass is 32.1. The summed E-state index contributed by atoms with van der Waals surface area (Å²) in [4.78, 5) is 17.7. The third-order valence-corrected chi connectivity index (χ3v) is 3.49. The van der Waals surface area contributed by atoms with Crippen LogP contribution >= 0.6 is 11.3 Å². The van der Waals surface area contributed by atoms with Crippen LogP contribution in [0.5, 0.6) is 0 Å². The maximum Gasteiger partial charge on any atom is 0.223 e. The number of hydrogen-bond acceptors (Lipinski definition) is 6. The SMILES string of the molecule is Nc1nc(CCC(=O)N2CCOC[C@H](O)C2)cs1. The molecule has 1 saturated heterocycles. The van der Waals surface area contributed by atoms with E-state index in [4.69, 9.17) is 10.5 Å². The zero-order valence-corrected chi connectivity index (χ0v) is 10.9. The van der Waals surface area contributed by atoms with Crippen molar-refractivity contribution in [3.63, 3.8) is 0 Å². The van der Waals surface area contributed by atoms with Gasteiger partial charge in [-0.15, -0.1) is 11.3 Å². The summed E-state index contributed by atoms with van der Waals surface area (Å²) in [6, 6.07) is 0. The van der Waals surface area contributed by atoms with Crippen LogP contribution in [0.25, 0.3) is 0 Å². The number of aliphatic hydroxyl groups excluding tert-OH is 1. The minimum absolute atomic E-state index is 0.0196. The van der Waals surface area contributed by atoms with E-state index >= 15 is 0 Å². The van der Waals surface area contributed by atoms with Gasteiger partial charge in [0, 0.05) is 24.9 Å². The molecule has 0 unspecified atom stereocenters. The highest BCUT2D eigenvalue weighted by Crippen LogP contribution is 2.13. The molecule has 18 heavy (non-hydrogen) atoms. The Labute approximate surface area is 109 Å². The molecule has 2 rings (SSSR count). The summed E-state index contributed by atoms with van der Waals surface area (Å²) < 4.78 is 5.18. The van der Waals surface area contributed by atoms with Crippen LogP contribution in [0.3, 0.4) is 0 Å². The van der Waals surface area contributed by atoms with E-state index in [1.165, 1.54) is 11.3 Å². The first-order chi connectivity index (χ1) is 8.65. The Bertz CT molecular complexity index is 410. The van der Waals surface area contributed by atoms with Gasteiger partial charge in [0.05, 0.1) is 25.0 Å². The summed E-state index contributed by atoms with van der Waals surface area (Å²) >= 11 is 1.38. The van der Waals surface area contributed by atoms with E-state index in [1.807, 2.05) is 5.38 Å². The Morgan fingerprint density at radius 3 is 3.28 bits per heavy atom. The number of nitrogens with two attached hydrogens (primary N) is 1. The number of nitrogen functional groups attached to an aromatic ring is 1. The highest BCUT2D eigenvalue weighted by molar-refractivity contribution is 7.13. The molecule has 1 amide bonds. The predicted octanol–water partition coefficient (Wildman–Crippen LogP) is -0.122. The van der Waals surface area contributed by atoms with Gasteiger partial charge in [-0.2, -0.15) is 0 Å². The van der Waals surface area contributed by atoms with Crippen LogP contribution in [0.4, 0.5) is 5.13 Å². The molecule has 1 aliphatic rings. The van der Waals surface area contributed by atoms with Gasteiger partial charge in [0.1, 0.15) is 0 Å². The summed E-state index contributed by atoms with van der Waals surface area (Å²) in [7, 11) is 0. The monoisotopic (exact) mass is 271 g/mol. The van der Waals surface area contributed by atoms with E-state index in [0.29, 0.717) is 44.3 Å². The number of anilines is 1. The number of β-amino-alcohol motifs (C(OH)–C–C–N with tert-alkyl or cyclic N) is 1. The Morgan fingerprint density at radius 2 is 2.56 bits per heavy atom. The van der Waals surface area contributed by atoms with Gasteiger partial charge < -0.3 is 20.5 Å². The van der Waals surface area contributed by atoms with E-state index in [0.717, 1.165) is 5.69 Å². The third kappa shape index (κ3) is 3.66. The van der Waals surface area contributed by atoms with Crippen molar-refractivity contribution in [1.29, 1.82) is 0 Å². The number of carbonyl (C=O) groups is 1. The van der Waals surface area contributed by atoms with Gasteiger partial charge >= 0.3 is 0 Å². The topological polar surface area (TPSA) is 88.7 Å². The molecule has 1 atom stereocenters. The van der Waals surface area contributed by atoms with Crippen LogP contribution in [0.1, 0.15) is 12.1 Å². The number of aryl methyl sites for hydroxylation is 1. The highest BCUT2D eigenvalue weighted by Gasteiger charge is 2.20. The second-order valence-electron chi connectivity index (χ2n) is 4.25. The molecule has 0 saturated carbocycles. The van der Waals surface area contributed by atoms with Crippen molar-refractivity contribution in [2.24, 2.45) is 0 Å². The molecule has 0 bridgehead atoms. The normalized spacial score (nSPS) is 20.7. The molecule has 0 aliphatic carbocycles. The quantitative estimate of drug-likeness (QED) is 0.800. The van der Waals surface area contributed by atoms with Crippen molar-refractivity contribution in [1.82, 2.24) is 9.88 Å². The van der Waals surface area contributed by atoms with E-state index in [1.54, 1.807) is 4.90 Å². The summed E-state index contributed by atoms with van der Waals surface area (Å²) in [5.74, 6) is 0.0196. The van der Waals surface area contributed by atoms with Gasteiger partial charge in [0.15, 0.2) is 5.13 Å². The maximum atomic E-state index is 12.0. The van der Waals surface area contributed by atoms with Crippen LogP contribution in [-0.4, -0.2) is 53.3 Å². The van der Waals surface area contributed by atoms with Gasteiger partial charge in [-0.25, -0.2) is 4.98 Å². The van der Waals surface area contributed by atoms with Crippen LogP contribution in [0.2, 0.25) is 0 Å². The number of nitrogens with zero attached hydrogens (tertiary/aromatic N) is 2. The molecule has 0 spiro atoms. The molecule has 3 N–H and O–H groups in total. The standard InChI is InChI=1S/C11H17N3O3S/c12-11-13-8(7-18-11)1-2-10(16)14-3-4-17-6-9(15)5-14/h7,9,15H,1-6H2,(H2,12,13)/t9-/m1/s1. The second-order valence-corrected chi connectivity index (χ2v) is 5.14. The number of thiazole rings is 1. The zero-order chi connectivity index (χ0) is 13.0. The van der Waals surface area contributed by atoms with E-state index in [9.17, 15) is 9.90 Å².